The Morgan fingerprint density at radius 1 is 1.21 bits per heavy atom. The Morgan fingerprint density at radius 3 is 2.58 bits per heavy atom. The van der Waals surface area contributed by atoms with Crippen molar-refractivity contribution in [1.82, 2.24) is 4.73 Å². The minimum absolute atomic E-state index is 0.0100. The van der Waals surface area contributed by atoms with Crippen molar-refractivity contribution in [2.75, 3.05) is 5.32 Å². The van der Waals surface area contributed by atoms with Gasteiger partial charge < -0.3 is 10.2 Å². The van der Waals surface area contributed by atoms with Crippen molar-refractivity contribution >= 4 is 17.6 Å². The average Bonchev–Trinajstić information content (AvgIpc) is 3.02. The number of hydrogen-bond acceptors (Lipinski definition) is 3. The number of rotatable bonds is 2. The molecule has 3 rings (SSSR count). The van der Waals surface area contributed by atoms with Crippen LogP contribution in [0.25, 0.3) is 11.3 Å². The Kier molecular flexibility index (Phi) is 3.55. The summed E-state index contributed by atoms with van der Waals surface area (Å²) in [4.78, 5) is 29.7. The lowest BCUT2D eigenvalue weighted by molar-refractivity contribution is -0.153. The number of nitrogens with zero attached hydrogens (tertiary/aromatic N) is 1. The second-order valence-electron chi connectivity index (χ2n) is 7.69. The molecule has 0 atom stereocenters. The lowest BCUT2D eigenvalue weighted by Crippen LogP contribution is -2.31. The predicted octanol–water partition coefficient (Wildman–Crippen LogP) is 3.39. The molecule has 0 bridgehead atoms. The van der Waals surface area contributed by atoms with Gasteiger partial charge in [0.25, 0.3) is 0 Å². The maximum Gasteiger partial charge on any atom is 0.338 e. The Hall–Kier alpha value is -2.56. The van der Waals surface area contributed by atoms with Crippen LogP contribution in [-0.4, -0.2) is 16.6 Å². The van der Waals surface area contributed by atoms with Gasteiger partial charge in [0.05, 0.1) is 16.5 Å². The first-order chi connectivity index (χ1) is 11.1. The van der Waals surface area contributed by atoms with E-state index in [9.17, 15) is 9.59 Å². The Bertz CT molecular complexity index is 825. The second kappa shape index (κ2) is 5.23. The standard InChI is InChI=1S/C19H22N2O3/c1-18(2,3)17(23)24-21-10-6-7-15(21)12-8-9-14-13(11-12)19(4,5)16(22)20-14/h6-11H,1-5H3,(H,20,22). The number of amides is 1. The second-order valence-corrected chi connectivity index (χ2v) is 7.69. The van der Waals surface area contributed by atoms with Gasteiger partial charge in [-0.25, -0.2) is 4.79 Å². The molecule has 1 N–H and O–H groups in total. The smallest absolute Gasteiger partial charge is 0.336 e. The molecule has 0 aliphatic carbocycles. The van der Waals surface area contributed by atoms with E-state index < -0.39 is 10.8 Å². The zero-order valence-electron chi connectivity index (χ0n) is 14.6. The van der Waals surface area contributed by atoms with E-state index in [1.165, 1.54) is 4.73 Å². The molecule has 0 unspecified atom stereocenters. The third-order valence-corrected chi connectivity index (χ3v) is 4.31. The molecule has 0 radical (unpaired) electrons. The summed E-state index contributed by atoms with van der Waals surface area (Å²) >= 11 is 0. The molecule has 5 heteroatoms. The molecule has 1 aliphatic rings. The average molecular weight is 326 g/mol. The van der Waals surface area contributed by atoms with Gasteiger partial charge in [-0.2, -0.15) is 4.73 Å². The number of benzene rings is 1. The van der Waals surface area contributed by atoms with Crippen LogP contribution in [-0.2, 0) is 15.0 Å². The summed E-state index contributed by atoms with van der Waals surface area (Å²) in [7, 11) is 0. The molecule has 1 amide bonds. The minimum Gasteiger partial charge on any atom is -0.336 e. The van der Waals surface area contributed by atoms with Crippen LogP contribution < -0.4 is 10.2 Å². The molecule has 1 aromatic heterocycles. The lowest BCUT2D eigenvalue weighted by atomic mass is 9.85. The Morgan fingerprint density at radius 2 is 1.92 bits per heavy atom. The van der Waals surface area contributed by atoms with Crippen molar-refractivity contribution in [3.63, 3.8) is 0 Å². The molecule has 2 aromatic rings. The van der Waals surface area contributed by atoms with Crippen LogP contribution in [0, 0.1) is 5.41 Å². The number of carbonyl (C=O) groups is 2. The summed E-state index contributed by atoms with van der Waals surface area (Å²) in [6.07, 6.45) is 1.71. The van der Waals surface area contributed by atoms with Crippen molar-refractivity contribution < 1.29 is 14.4 Å². The number of fused-ring (bicyclic) bond motifs is 1. The molecule has 2 heterocycles. The Balaban J connectivity index is 1.98. The summed E-state index contributed by atoms with van der Waals surface area (Å²) in [5.41, 5.74) is 2.27. The van der Waals surface area contributed by atoms with Gasteiger partial charge in [-0.05, 0) is 64.4 Å². The van der Waals surface area contributed by atoms with Crippen LogP contribution in [0.3, 0.4) is 0 Å². The van der Waals surface area contributed by atoms with Crippen LogP contribution in [0.2, 0.25) is 0 Å². The highest BCUT2D eigenvalue weighted by Gasteiger charge is 2.38. The topological polar surface area (TPSA) is 60.3 Å². The van der Waals surface area contributed by atoms with Crippen molar-refractivity contribution in [1.29, 1.82) is 0 Å². The van der Waals surface area contributed by atoms with E-state index in [2.05, 4.69) is 5.32 Å². The molecule has 0 spiro atoms. The maximum absolute atomic E-state index is 12.2. The molecule has 0 fully saturated rings. The summed E-state index contributed by atoms with van der Waals surface area (Å²) in [5, 5.41) is 2.90. The maximum atomic E-state index is 12.2. The lowest BCUT2D eigenvalue weighted by Gasteiger charge is -2.19. The van der Waals surface area contributed by atoms with Crippen LogP contribution in [0.15, 0.2) is 36.5 Å². The number of carbonyl (C=O) groups excluding carboxylic acids is 2. The van der Waals surface area contributed by atoms with Crippen LogP contribution in [0.1, 0.15) is 40.2 Å². The van der Waals surface area contributed by atoms with Gasteiger partial charge in [-0.3, -0.25) is 4.79 Å². The molecule has 24 heavy (non-hydrogen) atoms. The van der Waals surface area contributed by atoms with E-state index >= 15 is 0 Å². The summed E-state index contributed by atoms with van der Waals surface area (Å²) in [6, 6.07) is 9.49. The van der Waals surface area contributed by atoms with Gasteiger partial charge in [0.2, 0.25) is 5.91 Å². The van der Waals surface area contributed by atoms with Crippen molar-refractivity contribution in [2.24, 2.45) is 5.41 Å². The van der Waals surface area contributed by atoms with Crippen molar-refractivity contribution in [3.8, 4) is 11.3 Å². The van der Waals surface area contributed by atoms with E-state index in [4.69, 9.17) is 4.84 Å². The number of anilines is 1. The molecule has 0 saturated carbocycles. The first-order valence-corrected chi connectivity index (χ1v) is 7.97. The zero-order chi connectivity index (χ0) is 17.7. The molecular formula is C19H22N2O3. The van der Waals surface area contributed by atoms with E-state index in [1.54, 1.807) is 6.20 Å². The van der Waals surface area contributed by atoms with E-state index in [1.807, 2.05) is 65.0 Å². The molecule has 5 nitrogen and oxygen atoms in total. The van der Waals surface area contributed by atoms with Gasteiger partial charge in [-0.15, -0.1) is 0 Å². The minimum atomic E-state index is -0.586. The molecule has 0 saturated heterocycles. The number of nitrogens with one attached hydrogen (secondary N) is 1. The third-order valence-electron chi connectivity index (χ3n) is 4.31. The molecule has 1 aromatic carbocycles. The Labute approximate surface area is 141 Å². The highest BCUT2D eigenvalue weighted by molar-refractivity contribution is 6.06. The van der Waals surface area contributed by atoms with Gasteiger partial charge in [-0.1, -0.05) is 6.07 Å². The van der Waals surface area contributed by atoms with Crippen molar-refractivity contribution in [3.05, 3.63) is 42.1 Å². The summed E-state index contributed by atoms with van der Waals surface area (Å²) in [5.74, 6) is -0.317. The SMILES string of the molecule is CC(C)(C)C(=O)On1cccc1-c1ccc2c(c1)C(C)(C)C(=O)N2. The zero-order valence-corrected chi connectivity index (χ0v) is 14.6. The van der Waals surface area contributed by atoms with Gasteiger partial charge in [0.15, 0.2) is 0 Å². The van der Waals surface area contributed by atoms with Crippen molar-refractivity contribution in [2.45, 2.75) is 40.0 Å². The van der Waals surface area contributed by atoms with Gasteiger partial charge in [0, 0.05) is 17.4 Å². The largest absolute Gasteiger partial charge is 0.338 e. The number of aromatic nitrogens is 1. The fraction of sp³-hybridized carbons (Fsp3) is 0.368. The van der Waals surface area contributed by atoms with E-state index in [0.717, 1.165) is 22.5 Å². The molecular weight excluding hydrogens is 304 g/mol. The fourth-order valence-corrected chi connectivity index (χ4v) is 2.63. The first-order valence-electron chi connectivity index (χ1n) is 7.97. The van der Waals surface area contributed by atoms with Crippen LogP contribution >= 0.6 is 0 Å². The summed E-state index contributed by atoms with van der Waals surface area (Å²) < 4.78 is 1.48. The van der Waals surface area contributed by atoms with Crippen LogP contribution in [0.5, 0.6) is 0 Å². The quantitative estimate of drug-likeness (QED) is 0.920. The predicted molar refractivity (Wildman–Crippen MR) is 92.6 cm³/mol. The van der Waals surface area contributed by atoms with E-state index in [0.29, 0.717) is 0 Å². The van der Waals surface area contributed by atoms with Crippen LogP contribution in [0.4, 0.5) is 5.69 Å². The van der Waals surface area contributed by atoms with Gasteiger partial charge >= 0.3 is 5.97 Å². The normalized spacial score (nSPS) is 15.8. The van der Waals surface area contributed by atoms with Gasteiger partial charge in [0.1, 0.15) is 0 Å². The molecule has 126 valence electrons. The number of hydrogen-bond donors (Lipinski definition) is 1. The highest BCUT2D eigenvalue weighted by atomic mass is 16.7. The molecule has 1 aliphatic heterocycles. The fourth-order valence-electron chi connectivity index (χ4n) is 2.63. The monoisotopic (exact) mass is 326 g/mol. The third kappa shape index (κ3) is 2.60. The first kappa shape index (κ1) is 16.3. The summed E-state index contributed by atoms with van der Waals surface area (Å²) in [6.45, 7) is 9.24. The van der Waals surface area contributed by atoms with E-state index in [-0.39, 0.29) is 11.9 Å². The highest BCUT2D eigenvalue weighted by Crippen LogP contribution is 2.39.